The summed E-state index contributed by atoms with van der Waals surface area (Å²) in [6, 6.07) is 11.5. The molecule has 0 spiro atoms. The number of methoxy groups -OCH3 is 5. The smallest absolute Gasteiger partial charge is 0.356 e. The first-order chi connectivity index (χ1) is 17.9. The Balaban J connectivity index is 2.01. The molecule has 9 heteroatoms. The molecule has 37 heavy (non-hydrogen) atoms. The normalized spacial score (nSPS) is 14.0. The van der Waals surface area contributed by atoms with Gasteiger partial charge in [-0.15, -0.1) is 0 Å². The fraction of sp³-hybridized carbons (Fsp3) is 0.250. The van der Waals surface area contributed by atoms with Crippen LogP contribution >= 0.6 is 0 Å². The molecule has 0 N–H and O–H groups in total. The molecule has 1 aliphatic rings. The number of fused-ring (bicyclic) bond motifs is 4. The highest BCUT2D eigenvalue weighted by molar-refractivity contribution is 6.11. The van der Waals surface area contributed by atoms with E-state index in [1.54, 1.807) is 13.2 Å². The summed E-state index contributed by atoms with van der Waals surface area (Å²) in [5.41, 5.74) is 3.83. The second-order valence-electron chi connectivity index (χ2n) is 8.55. The quantitative estimate of drug-likeness (QED) is 0.286. The van der Waals surface area contributed by atoms with Crippen LogP contribution in [0.5, 0.6) is 17.2 Å². The summed E-state index contributed by atoms with van der Waals surface area (Å²) in [4.78, 5) is 30.4. The molecule has 0 amide bonds. The zero-order chi connectivity index (χ0) is 26.4. The van der Waals surface area contributed by atoms with Gasteiger partial charge in [0.15, 0.2) is 11.5 Å². The van der Waals surface area contributed by atoms with E-state index in [-0.39, 0.29) is 11.3 Å². The zero-order valence-electron chi connectivity index (χ0n) is 21.2. The third kappa shape index (κ3) is 3.49. The maximum absolute atomic E-state index is 12.9. The maximum atomic E-state index is 12.9. The number of ether oxygens (including phenoxy) is 5. The van der Waals surface area contributed by atoms with Crippen LogP contribution in [0.3, 0.4) is 0 Å². The number of pyridine rings is 1. The SMILES string of the molecule is C=C(C(=O)OC)C1c2c(cc(OC)c(OC)c2OC)Cn2c3ccccc3c3cc(C(=O)OC)nc1c32. The molecular formula is C28H26N2O7. The lowest BCUT2D eigenvalue weighted by molar-refractivity contribution is -0.136. The summed E-state index contributed by atoms with van der Waals surface area (Å²) >= 11 is 0. The standard InChI is InChI=1S/C28H26N2O7/c1-14(27(31)36-5)21-22-15(11-20(33-2)25(34-3)26(22)35-4)13-30-19-10-8-7-9-16(19)17-12-18(28(32)37-6)29-23(21)24(17)30/h7-12,21H,1,13H2,2-6H3. The Morgan fingerprint density at radius 2 is 1.68 bits per heavy atom. The van der Waals surface area contributed by atoms with Gasteiger partial charge in [-0.2, -0.15) is 0 Å². The molecule has 1 atom stereocenters. The Morgan fingerprint density at radius 1 is 0.946 bits per heavy atom. The van der Waals surface area contributed by atoms with Gasteiger partial charge in [-0.05, 0) is 23.8 Å². The van der Waals surface area contributed by atoms with E-state index in [0.29, 0.717) is 35.1 Å². The molecule has 2 aromatic heterocycles. The molecule has 4 aromatic rings. The summed E-state index contributed by atoms with van der Waals surface area (Å²) < 4.78 is 29.4. The van der Waals surface area contributed by atoms with Crippen molar-refractivity contribution < 1.29 is 33.3 Å². The summed E-state index contributed by atoms with van der Waals surface area (Å²) in [6.45, 7) is 4.51. The average Bonchev–Trinajstić information content (AvgIpc) is 3.16. The molecular weight excluding hydrogens is 476 g/mol. The van der Waals surface area contributed by atoms with Crippen LogP contribution < -0.4 is 14.2 Å². The van der Waals surface area contributed by atoms with Crippen molar-refractivity contribution in [3.05, 3.63) is 71.1 Å². The summed E-state index contributed by atoms with van der Waals surface area (Å²) in [5, 5.41) is 1.74. The first kappa shape index (κ1) is 24.2. The van der Waals surface area contributed by atoms with Crippen molar-refractivity contribution in [2.45, 2.75) is 12.5 Å². The van der Waals surface area contributed by atoms with Crippen molar-refractivity contribution in [1.82, 2.24) is 9.55 Å². The molecule has 2 aromatic carbocycles. The lowest BCUT2D eigenvalue weighted by Crippen LogP contribution is -2.18. The van der Waals surface area contributed by atoms with E-state index in [0.717, 1.165) is 27.4 Å². The van der Waals surface area contributed by atoms with Crippen LogP contribution in [0.1, 0.15) is 33.2 Å². The van der Waals surface area contributed by atoms with E-state index in [1.165, 1.54) is 28.4 Å². The average molecular weight is 503 g/mol. The first-order valence-electron chi connectivity index (χ1n) is 11.5. The van der Waals surface area contributed by atoms with Gasteiger partial charge in [-0.3, -0.25) is 0 Å². The molecule has 9 nitrogen and oxygen atoms in total. The number of esters is 2. The second kappa shape index (κ2) is 9.16. The largest absolute Gasteiger partial charge is 0.493 e. The number of aromatic nitrogens is 2. The van der Waals surface area contributed by atoms with Crippen LogP contribution in [0.15, 0.2) is 48.6 Å². The number of para-hydroxylation sites is 1. The molecule has 0 fully saturated rings. The highest BCUT2D eigenvalue weighted by Crippen LogP contribution is 2.51. The van der Waals surface area contributed by atoms with Crippen LogP contribution in [-0.4, -0.2) is 57.0 Å². The summed E-state index contributed by atoms with van der Waals surface area (Å²) in [6.07, 6.45) is 0. The molecule has 0 aliphatic carbocycles. The summed E-state index contributed by atoms with van der Waals surface area (Å²) in [7, 11) is 7.17. The van der Waals surface area contributed by atoms with Gasteiger partial charge in [0.2, 0.25) is 5.75 Å². The van der Waals surface area contributed by atoms with Crippen molar-refractivity contribution in [2.75, 3.05) is 35.5 Å². The molecule has 190 valence electrons. The Bertz CT molecular complexity index is 1600. The van der Waals surface area contributed by atoms with Gasteiger partial charge in [0.25, 0.3) is 0 Å². The first-order valence-corrected chi connectivity index (χ1v) is 11.5. The molecule has 5 rings (SSSR count). The Morgan fingerprint density at radius 3 is 2.32 bits per heavy atom. The van der Waals surface area contributed by atoms with Gasteiger partial charge in [-0.25, -0.2) is 14.6 Å². The number of rotatable bonds is 6. The Kier molecular flexibility index (Phi) is 5.99. The van der Waals surface area contributed by atoms with Crippen LogP contribution in [0.25, 0.3) is 21.8 Å². The van der Waals surface area contributed by atoms with Gasteiger partial charge in [0, 0.05) is 34.0 Å². The third-order valence-electron chi connectivity index (χ3n) is 6.81. The number of carbonyl (C=O) groups excluding carboxylic acids is 2. The van der Waals surface area contributed by atoms with Crippen LogP contribution in [0.4, 0.5) is 0 Å². The molecule has 3 heterocycles. The van der Waals surface area contributed by atoms with E-state index < -0.39 is 17.9 Å². The molecule has 0 saturated heterocycles. The lowest BCUT2D eigenvalue weighted by Gasteiger charge is -2.25. The van der Waals surface area contributed by atoms with Gasteiger partial charge >= 0.3 is 11.9 Å². The van der Waals surface area contributed by atoms with Crippen LogP contribution in [0, 0.1) is 0 Å². The Hall–Kier alpha value is -4.53. The number of hydrogen-bond donors (Lipinski definition) is 0. The lowest BCUT2D eigenvalue weighted by atomic mass is 9.84. The molecule has 1 unspecified atom stereocenters. The zero-order valence-corrected chi connectivity index (χ0v) is 21.2. The second-order valence-corrected chi connectivity index (χ2v) is 8.55. The van der Waals surface area contributed by atoms with E-state index >= 15 is 0 Å². The molecule has 0 bridgehead atoms. The third-order valence-corrected chi connectivity index (χ3v) is 6.81. The molecule has 0 saturated carbocycles. The van der Waals surface area contributed by atoms with Crippen molar-refractivity contribution >= 4 is 33.7 Å². The van der Waals surface area contributed by atoms with E-state index in [2.05, 4.69) is 11.1 Å². The minimum Gasteiger partial charge on any atom is -0.493 e. The molecule has 1 aliphatic heterocycles. The van der Waals surface area contributed by atoms with Crippen LogP contribution in [-0.2, 0) is 20.8 Å². The minimum atomic E-state index is -0.824. The fourth-order valence-electron chi connectivity index (χ4n) is 5.25. The number of hydrogen-bond acceptors (Lipinski definition) is 8. The predicted molar refractivity (Wildman–Crippen MR) is 137 cm³/mol. The van der Waals surface area contributed by atoms with Gasteiger partial charge in [0.1, 0.15) is 5.69 Å². The number of benzene rings is 2. The topological polar surface area (TPSA) is 98.1 Å². The predicted octanol–water partition coefficient (Wildman–Crippen LogP) is 4.22. The van der Waals surface area contributed by atoms with Gasteiger partial charge in [-0.1, -0.05) is 24.8 Å². The highest BCUT2D eigenvalue weighted by atomic mass is 16.5. The van der Waals surface area contributed by atoms with Crippen LogP contribution in [0.2, 0.25) is 0 Å². The van der Waals surface area contributed by atoms with E-state index in [9.17, 15) is 9.59 Å². The fourth-order valence-corrected chi connectivity index (χ4v) is 5.25. The van der Waals surface area contributed by atoms with E-state index in [1.807, 2.05) is 30.3 Å². The van der Waals surface area contributed by atoms with Crippen molar-refractivity contribution in [2.24, 2.45) is 0 Å². The van der Waals surface area contributed by atoms with Gasteiger partial charge < -0.3 is 28.3 Å². The maximum Gasteiger partial charge on any atom is 0.356 e. The van der Waals surface area contributed by atoms with E-state index in [4.69, 9.17) is 28.7 Å². The Labute approximate surface area is 213 Å². The summed E-state index contributed by atoms with van der Waals surface area (Å²) in [5.74, 6) is -0.821. The molecule has 0 radical (unpaired) electrons. The van der Waals surface area contributed by atoms with Crippen molar-refractivity contribution in [1.29, 1.82) is 0 Å². The van der Waals surface area contributed by atoms with Crippen molar-refractivity contribution in [3.63, 3.8) is 0 Å². The number of carbonyl (C=O) groups is 2. The van der Waals surface area contributed by atoms with Gasteiger partial charge in [0.05, 0.1) is 52.7 Å². The number of nitrogens with zero attached hydrogens (tertiary/aromatic N) is 2. The minimum absolute atomic E-state index is 0.110. The highest BCUT2D eigenvalue weighted by Gasteiger charge is 2.38. The monoisotopic (exact) mass is 502 g/mol. The van der Waals surface area contributed by atoms with Crippen molar-refractivity contribution in [3.8, 4) is 17.2 Å².